The summed E-state index contributed by atoms with van der Waals surface area (Å²) in [7, 11) is -1.19. The maximum atomic E-state index is 9.67. The van der Waals surface area contributed by atoms with Crippen molar-refractivity contribution in [1.29, 1.82) is 0 Å². The monoisotopic (exact) mass is 360 g/mol. The quantitative estimate of drug-likeness (QED) is 0.603. The molecule has 0 aliphatic heterocycles. The van der Waals surface area contributed by atoms with Crippen LogP contribution in [-0.2, 0) is 4.74 Å². The molecule has 0 saturated carbocycles. The second kappa shape index (κ2) is 20.2. The van der Waals surface area contributed by atoms with Crippen molar-refractivity contribution in [3.8, 4) is 5.75 Å². The lowest BCUT2D eigenvalue weighted by atomic mass is 10.3. The second-order valence-electron chi connectivity index (χ2n) is 6.06. The van der Waals surface area contributed by atoms with Gasteiger partial charge in [-0.2, -0.15) is 0 Å². The van der Waals surface area contributed by atoms with Crippen molar-refractivity contribution in [2.45, 2.75) is 74.7 Å². The molecule has 0 amide bonds. The van der Waals surface area contributed by atoms with Gasteiger partial charge in [0, 0.05) is 6.23 Å². The standard InChI is InChI=1S/C13H22O3Si.C3H8.C2H6.2CH4/c1-17(2,3)11-15-9-12(14)10-16-13-7-5-4-6-8-13;1-3-2;1-2;;/h4-8,12,14H,9-11H2,1-3H3;3H2,1-2H3;1-2H3;2*1H4. The van der Waals surface area contributed by atoms with Crippen LogP contribution in [0, 0.1) is 0 Å². The predicted octanol–water partition coefficient (Wildman–Crippen LogP) is 6.04. The Bertz CT molecular complexity index is 323. The van der Waals surface area contributed by atoms with Gasteiger partial charge in [-0.25, -0.2) is 0 Å². The first-order chi connectivity index (χ1) is 10.4. The first-order valence-corrected chi connectivity index (χ1v) is 12.0. The molecule has 0 heterocycles. The molecule has 0 radical (unpaired) electrons. The van der Waals surface area contributed by atoms with Crippen LogP contribution in [0.5, 0.6) is 5.75 Å². The van der Waals surface area contributed by atoms with E-state index in [1.165, 1.54) is 6.42 Å². The van der Waals surface area contributed by atoms with Gasteiger partial charge in [0.2, 0.25) is 0 Å². The molecular formula is C20H44O3Si. The van der Waals surface area contributed by atoms with E-state index in [1.807, 2.05) is 44.2 Å². The summed E-state index contributed by atoms with van der Waals surface area (Å²) in [6, 6.07) is 9.48. The minimum absolute atomic E-state index is 0. The van der Waals surface area contributed by atoms with Crippen molar-refractivity contribution in [2.24, 2.45) is 0 Å². The van der Waals surface area contributed by atoms with E-state index < -0.39 is 14.2 Å². The number of aliphatic hydroxyl groups is 1. The highest BCUT2D eigenvalue weighted by Gasteiger charge is 2.14. The van der Waals surface area contributed by atoms with Gasteiger partial charge in [-0.15, -0.1) is 0 Å². The molecule has 3 nitrogen and oxygen atoms in total. The van der Waals surface area contributed by atoms with Crippen LogP contribution in [0.25, 0.3) is 0 Å². The van der Waals surface area contributed by atoms with E-state index in [-0.39, 0.29) is 21.5 Å². The van der Waals surface area contributed by atoms with E-state index in [1.54, 1.807) is 0 Å². The largest absolute Gasteiger partial charge is 0.491 e. The molecule has 0 aromatic heterocycles. The molecular weight excluding hydrogens is 316 g/mol. The van der Waals surface area contributed by atoms with Gasteiger partial charge >= 0.3 is 0 Å². The Labute approximate surface area is 153 Å². The van der Waals surface area contributed by atoms with Crippen molar-refractivity contribution >= 4 is 8.07 Å². The molecule has 1 unspecified atom stereocenters. The van der Waals surface area contributed by atoms with Gasteiger partial charge in [-0.05, 0) is 12.1 Å². The van der Waals surface area contributed by atoms with Crippen LogP contribution in [0.4, 0.5) is 0 Å². The molecule has 146 valence electrons. The van der Waals surface area contributed by atoms with E-state index >= 15 is 0 Å². The number of rotatable bonds is 7. The summed E-state index contributed by atoms with van der Waals surface area (Å²) in [4.78, 5) is 0. The van der Waals surface area contributed by atoms with E-state index in [4.69, 9.17) is 9.47 Å². The van der Waals surface area contributed by atoms with Gasteiger partial charge in [-0.3, -0.25) is 0 Å². The highest BCUT2D eigenvalue weighted by molar-refractivity contribution is 6.76. The van der Waals surface area contributed by atoms with Crippen molar-refractivity contribution < 1.29 is 14.6 Å². The fraction of sp³-hybridized carbons (Fsp3) is 0.700. The number of aliphatic hydroxyl groups excluding tert-OH is 1. The molecule has 0 aliphatic rings. The number of benzene rings is 1. The molecule has 1 N–H and O–H groups in total. The van der Waals surface area contributed by atoms with Crippen LogP contribution in [0.15, 0.2) is 30.3 Å². The summed E-state index contributed by atoms with van der Waals surface area (Å²) in [5.74, 6) is 0.775. The highest BCUT2D eigenvalue weighted by Crippen LogP contribution is 2.08. The second-order valence-corrected chi connectivity index (χ2v) is 11.5. The first-order valence-electron chi connectivity index (χ1n) is 8.32. The number of para-hydroxylation sites is 1. The van der Waals surface area contributed by atoms with Crippen molar-refractivity contribution in [1.82, 2.24) is 0 Å². The third kappa shape index (κ3) is 23.4. The molecule has 0 spiro atoms. The Kier molecular flexibility index (Phi) is 26.1. The van der Waals surface area contributed by atoms with Gasteiger partial charge in [0.15, 0.2) is 0 Å². The maximum Gasteiger partial charge on any atom is 0.119 e. The van der Waals surface area contributed by atoms with Crippen molar-refractivity contribution in [2.75, 3.05) is 19.4 Å². The zero-order chi connectivity index (χ0) is 17.4. The van der Waals surface area contributed by atoms with Crippen molar-refractivity contribution in [3.63, 3.8) is 0 Å². The topological polar surface area (TPSA) is 38.7 Å². The summed E-state index contributed by atoms with van der Waals surface area (Å²) < 4.78 is 10.9. The number of hydrogen-bond donors (Lipinski definition) is 1. The van der Waals surface area contributed by atoms with Gasteiger partial charge in [0.25, 0.3) is 0 Å². The number of ether oxygens (including phenoxy) is 2. The fourth-order valence-electron chi connectivity index (χ4n) is 1.26. The summed E-state index contributed by atoms with van der Waals surface area (Å²) in [5.41, 5.74) is 0. The van der Waals surface area contributed by atoms with Gasteiger partial charge in [0.05, 0.1) is 14.7 Å². The van der Waals surface area contributed by atoms with E-state index in [0.29, 0.717) is 6.61 Å². The average Bonchev–Trinajstić information content (AvgIpc) is 2.48. The van der Waals surface area contributed by atoms with E-state index in [0.717, 1.165) is 12.0 Å². The molecule has 1 atom stereocenters. The van der Waals surface area contributed by atoms with E-state index in [2.05, 4.69) is 33.5 Å². The Morgan fingerprint density at radius 3 is 1.83 bits per heavy atom. The minimum atomic E-state index is -1.19. The molecule has 1 aromatic carbocycles. The summed E-state index contributed by atoms with van der Waals surface area (Å²) in [6.07, 6.45) is 1.46. The molecule has 0 aliphatic carbocycles. The van der Waals surface area contributed by atoms with Gasteiger partial charge < -0.3 is 14.6 Å². The normalized spacial score (nSPS) is 10.5. The molecule has 4 heteroatoms. The third-order valence-electron chi connectivity index (χ3n) is 2.03. The third-order valence-corrected chi connectivity index (χ3v) is 3.10. The van der Waals surface area contributed by atoms with Crippen molar-refractivity contribution in [3.05, 3.63) is 30.3 Å². The Morgan fingerprint density at radius 2 is 1.42 bits per heavy atom. The van der Waals surface area contributed by atoms with Crippen LogP contribution in [0.3, 0.4) is 0 Å². The molecule has 24 heavy (non-hydrogen) atoms. The van der Waals surface area contributed by atoms with E-state index in [9.17, 15) is 5.11 Å². The molecule has 0 fully saturated rings. The Morgan fingerprint density at radius 1 is 0.958 bits per heavy atom. The lowest BCUT2D eigenvalue weighted by Crippen LogP contribution is -2.32. The Balaban J connectivity index is -0.000000257. The minimum Gasteiger partial charge on any atom is -0.491 e. The van der Waals surface area contributed by atoms with Crippen LogP contribution in [0.1, 0.15) is 49.0 Å². The predicted molar refractivity (Wildman–Crippen MR) is 113 cm³/mol. The van der Waals surface area contributed by atoms with Crippen LogP contribution in [0.2, 0.25) is 19.6 Å². The highest BCUT2D eigenvalue weighted by atomic mass is 28.3. The molecule has 0 saturated heterocycles. The SMILES string of the molecule is C.C.CC.CCC.C[Si](C)(C)COCC(O)COc1ccccc1. The Hall–Kier alpha value is -0.843. The smallest absolute Gasteiger partial charge is 0.119 e. The zero-order valence-electron chi connectivity index (χ0n) is 15.6. The summed E-state index contributed by atoms with van der Waals surface area (Å²) in [5, 5.41) is 9.67. The van der Waals surface area contributed by atoms with Gasteiger partial charge in [0.1, 0.15) is 18.5 Å². The zero-order valence-corrected chi connectivity index (χ0v) is 16.6. The summed E-state index contributed by atoms with van der Waals surface area (Å²) in [6.45, 7) is 15.6. The molecule has 1 rings (SSSR count). The van der Waals surface area contributed by atoms with Crippen LogP contribution >= 0.6 is 0 Å². The average molecular weight is 361 g/mol. The van der Waals surface area contributed by atoms with Crippen LogP contribution in [-0.4, -0.2) is 38.7 Å². The number of hydrogen-bond acceptors (Lipinski definition) is 3. The van der Waals surface area contributed by atoms with Gasteiger partial charge in [-0.1, -0.05) is 86.8 Å². The lowest BCUT2D eigenvalue weighted by Gasteiger charge is -2.18. The molecule has 0 bridgehead atoms. The van der Waals surface area contributed by atoms with Crippen LogP contribution < -0.4 is 4.74 Å². The fourth-order valence-corrected chi connectivity index (χ4v) is 1.99. The summed E-state index contributed by atoms with van der Waals surface area (Å²) >= 11 is 0. The first kappa shape index (κ1) is 31.0. The lowest BCUT2D eigenvalue weighted by molar-refractivity contribution is 0.0248. The maximum absolute atomic E-state index is 9.67. The molecule has 1 aromatic rings.